The second-order valence-electron chi connectivity index (χ2n) is 6.37. The maximum atomic E-state index is 13.0. The highest BCUT2D eigenvalue weighted by atomic mass is 32.1. The molecule has 0 spiro atoms. The summed E-state index contributed by atoms with van der Waals surface area (Å²) >= 11 is 1.62. The fraction of sp³-hybridized carbons (Fsp3) is 0.625. The third kappa shape index (κ3) is 2.54. The normalized spacial score (nSPS) is 20.8. The van der Waals surface area contributed by atoms with Gasteiger partial charge < -0.3 is 15.5 Å². The summed E-state index contributed by atoms with van der Waals surface area (Å²) < 4.78 is 0. The van der Waals surface area contributed by atoms with Crippen molar-refractivity contribution >= 4 is 28.2 Å². The van der Waals surface area contributed by atoms with E-state index in [9.17, 15) is 9.59 Å². The fourth-order valence-corrected chi connectivity index (χ4v) is 4.59. The van der Waals surface area contributed by atoms with E-state index in [0.29, 0.717) is 0 Å². The molecule has 6 heteroatoms. The summed E-state index contributed by atoms with van der Waals surface area (Å²) in [6.07, 6.45) is 5.11. The lowest BCUT2D eigenvalue weighted by Crippen LogP contribution is -2.46. The van der Waals surface area contributed by atoms with Gasteiger partial charge in [-0.15, -0.1) is 11.3 Å². The van der Waals surface area contributed by atoms with E-state index in [4.69, 9.17) is 0 Å². The van der Waals surface area contributed by atoms with E-state index in [1.165, 1.54) is 10.4 Å². The molecule has 1 aliphatic heterocycles. The van der Waals surface area contributed by atoms with E-state index < -0.39 is 0 Å². The predicted molar refractivity (Wildman–Crippen MR) is 86.5 cm³/mol. The van der Waals surface area contributed by atoms with Crippen LogP contribution in [0.15, 0.2) is 0 Å². The van der Waals surface area contributed by atoms with Crippen LogP contribution in [0.2, 0.25) is 0 Å². The molecular formula is C16H21N3O2S. The lowest BCUT2D eigenvalue weighted by atomic mass is 10.1. The van der Waals surface area contributed by atoms with Crippen molar-refractivity contribution in [1.29, 1.82) is 0 Å². The van der Waals surface area contributed by atoms with Crippen molar-refractivity contribution in [2.24, 2.45) is 5.92 Å². The van der Waals surface area contributed by atoms with Gasteiger partial charge in [-0.25, -0.2) is 0 Å². The molecule has 1 saturated heterocycles. The highest BCUT2D eigenvalue weighted by Crippen LogP contribution is 2.41. The molecule has 22 heavy (non-hydrogen) atoms. The van der Waals surface area contributed by atoms with Crippen LogP contribution in [0, 0.1) is 5.92 Å². The van der Waals surface area contributed by atoms with Crippen LogP contribution in [-0.4, -0.2) is 42.9 Å². The van der Waals surface area contributed by atoms with Crippen molar-refractivity contribution in [3.8, 4) is 0 Å². The Morgan fingerprint density at radius 3 is 2.68 bits per heavy atom. The second kappa shape index (κ2) is 5.66. The topological polar surface area (TPSA) is 61.4 Å². The van der Waals surface area contributed by atoms with Crippen LogP contribution in [-0.2, 0) is 17.6 Å². The van der Waals surface area contributed by atoms with Gasteiger partial charge in [-0.1, -0.05) is 0 Å². The summed E-state index contributed by atoms with van der Waals surface area (Å²) in [5, 5.41) is 7.11. The Kier molecular flexibility index (Phi) is 3.66. The minimum Gasteiger partial charge on any atom is -0.336 e. The maximum absolute atomic E-state index is 13.0. The van der Waals surface area contributed by atoms with Crippen molar-refractivity contribution in [2.75, 3.05) is 31.5 Å². The Bertz CT molecular complexity index is 615. The largest absolute Gasteiger partial charge is 0.336 e. The molecule has 1 aromatic heterocycles. The first-order valence-electron chi connectivity index (χ1n) is 8.19. The Morgan fingerprint density at radius 1 is 1.18 bits per heavy atom. The number of fused-ring (bicyclic) bond motifs is 1. The highest BCUT2D eigenvalue weighted by Gasteiger charge is 2.34. The molecule has 0 bridgehead atoms. The van der Waals surface area contributed by atoms with E-state index in [1.807, 2.05) is 4.90 Å². The number of piperazine rings is 1. The van der Waals surface area contributed by atoms with Gasteiger partial charge >= 0.3 is 0 Å². The van der Waals surface area contributed by atoms with E-state index in [-0.39, 0.29) is 17.7 Å². The molecule has 1 saturated carbocycles. The summed E-state index contributed by atoms with van der Waals surface area (Å²) in [6.45, 7) is 3.20. The molecule has 118 valence electrons. The average molecular weight is 319 g/mol. The number of amides is 2. The Hall–Kier alpha value is -1.40. The first-order chi connectivity index (χ1) is 10.7. The molecular weight excluding hydrogens is 298 g/mol. The van der Waals surface area contributed by atoms with Gasteiger partial charge in [0.05, 0.1) is 5.56 Å². The van der Waals surface area contributed by atoms with Crippen LogP contribution < -0.4 is 10.6 Å². The smallest absolute Gasteiger partial charge is 0.257 e. The summed E-state index contributed by atoms with van der Waals surface area (Å²) in [4.78, 5) is 28.3. The van der Waals surface area contributed by atoms with Gasteiger partial charge in [0.15, 0.2) is 0 Å². The molecule has 0 unspecified atom stereocenters. The number of rotatable bonds is 3. The van der Waals surface area contributed by atoms with Crippen LogP contribution in [0.25, 0.3) is 0 Å². The van der Waals surface area contributed by atoms with Gasteiger partial charge in [-0.2, -0.15) is 0 Å². The second-order valence-corrected chi connectivity index (χ2v) is 7.47. The maximum Gasteiger partial charge on any atom is 0.257 e. The zero-order valence-corrected chi connectivity index (χ0v) is 13.4. The van der Waals surface area contributed by atoms with Crippen LogP contribution in [0.5, 0.6) is 0 Å². The number of nitrogens with zero attached hydrogens (tertiary/aromatic N) is 1. The monoisotopic (exact) mass is 319 g/mol. The Labute approximate surface area is 134 Å². The van der Waals surface area contributed by atoms with Crippen molar-refractivity contribution in [3.05, 3.63) is 16.0 Å². The zero-order valence-electron chi connectivity index (χ0n) is 12.6. The average Bonchev–Trinajstić information content (AvgIpc) is 3.21. The predicted octanol–water partition coefficient (Wildman–Crippen LogP) is 1.63. The van der Waals surface area contributed by atoms with Crippen molar-refractivity contribution in [3.63, 3.8) is 0 Å². The number of anilines is 1. The molecule has 5 nitrogen and oxygen atoms in total. The molecule has 0 atom stereocenters. The number of hydrogen-bond donors (Lipinski definition) is 2. The zero-order chi connectivity index (χ0) is 15.1. The first-order valence-corrected chi connectivity index (χ1v) is 9.01. The molecule has 4 rings (SSSR count). The third-order valence-electron chi connectivity index (χ3n) is 4.72. The molecule has 2 amide bonds. The third-order valence-corrected chi connectivity index (χ3v) is 5.93. The molecule has 3 aliphatic rings. The van der Waals surface area contributed by atoms with Gasteiger partial charge in [0.25, 0.3) is 5.91 Å². The van der Waals surface area contributed by atoms with Gasteiger partial charge in [0, 0.05) is 37.0 Å². The number of aryl methyl sites for hydroxylation is 1. The number of carbonyl (C=O) groups excluding carboxylic acids is 2. The number of carbonyl (C=O) groups is 2. The highest BCUT2D eigenvalue weighted by molar-refractivity contribution is 7.17. The molecule has 2 fully saturated rings. The van der Waals surface area contributed by atoms with E-state index in [1.54, 1.807) is 11.3 Å². The van der Waals surface area contributed by atoms with E-state index in [0.717, 1.165) is 68.8 Å². The van der Waals surface area contributed by atoms with Crippen LogP contribution in [0.1, 0.15) is 40.1 Å². The van der Waals surface area contributed by atoms with Gasteiger partial charge in [-0.3, -0.25) is 9.59 Å². The van der Waals surface area contributed by atoms with E-state index >= 15 is 0 Å². The summed E-state index contributed by atoms with van der Waals surface area (Å²) in [5.41, 5.74) is 1.98. The summed E-state index contributed by atoms with van der Waals surface area (Å²) in [6, 6.07) is 0. The minimum absolute atomic E-state index is 0.0919. The number of thiophene rings is 1. The lowest BCUT2D eigenvalue weighted by Gasteiger charge is -2.28. The van der Waals surface area contributed by atoms with Gasteiger partial charge in [0.1, 0.15) is 5.00 Å². The quantitative estimate of drug-likeness (QED) is 0.890. The molecule has 2 heterocycles. The molecule has 1 aromatic rings. The van der Waals surface area contributed by atoms with Crippen LogP contribution in [0.3, 0.4) is 0 Å². The molecule has 0 radical (unpaired) electrons. The van der Waals surface area contributed by atoms with E-state index in [2.05, 4.69) is 10.6 Å². The van der Waals surface area contributed by atoms with Crippen molar-refractivity contribution in [1.82, 2.24) is 10.2 Å². The first kappa shape index (κ1) is 14.2. The van der Waals surface area contributed by atoms with Gasteiger partial charge in [-0.05, 0) is 37.7 Å². The molecule has 2 aliphatic carbocycles. The van der Waals surface area contributed by atoms with Crippen molar-refractivity contribution < 1.29 is 9.59 Å². The SMILES string of the molecule is O=C(Nc1sc2c(c1C(=O)N1CCNCC1)CCC2)C1CC1. The summed E-state index contributed by atoms with van der Waals surface area (Å²) in [7, 11) is 0. The van der Waals surface area contributed by atoms with Crippen molar-refractivity contribution in [2.45, 2.75) is 32.1 Å². The number of hydrogen-bond acceptors (Lipinski definition) is 4. The Morgan fingerprint density at radius 2 is 1.95 bits per heavy atom. The van der Waals surface area contributed by atoms with Crippen LogP contribution >= 0.6 is 11.3 Å². The van der Waals surface area contributed by atoms with Crippen LogP contribution in [0.4, 0.5) is 5.00 Å². The fourth-order valence-electron chi connectivity index (χ4n) is 3.30. The lowest BCUT2D eigenvalue weighted by molar-refractivity contribution is -0.117. The Balaban J connectivity index is 1.63. The molecule has 2 N–H and O–H groups in total. The summed E-state index contributed by atoms with van der Waals surface area (Å²) in [5.74, 6) is 0.361. The minimum atomic E-state index is 0.0919. The van der Waals surface area contributed by atoms with Gasteiger partial charge in [0.2, 0.25) is 5.91 Å². The standard InChI is InChI=1S/C16H21N3O2S/c20-14(10-4-5-10)18-15-13(11-2-1-3-12(11)22-15)16(21)19-8-6-17-7-9-19/h10,17H,1-9H2,(H,18,20). The molecule has 0 aromatic carbocycles. The number of nitrogens with one attached hydrogen (secondary N) is 2.